The standard InChI is InChI=1S/C16H16F2N4O2/c1-19-16(24)13-4-5-15(21-20-13)22-8-10(23)7-14(22)9-2-3-11(17)12(18)6-9/h2-6,10,14,23H,7-8H2,1H3,(H,19,24)/t10-,14-/m0/s1. The number of nitrogens with zero attached hydrogens (tertiary/aromatic N) is 3. The molecule has 1 aromatic carbocycles. The molecule has 126 valence electrons. The Morgan fingerprint density at radius 3 is 2.67 bits per heavy atom. The number of aromatic nitrogens is 2. The molecular formula is C16H16F2N4O2. The van der Waals surface area contributed by atoms with Crippen LogP contribution in [0.4, 0.5) is 14.6 Å². The lowest BCUT2D eigenvalue weighted by atomic mass is 10.0. The fraction of sp³-hybridized carbons (Fsp3) is 0.312. The summed E-state index contributed by atoms with van der Waals surface area (Å²) in [5.41, 5.74) is 0.716. The predicted octanol–water partition coefficient (Wildman–Crippen LogP) is 1.43. The second kappa shape index (κ2) is 6.48. The molecular weight excluding hydrogens is 318 g/mol. The van der Waals surface area contributed by atoms with Crippen LogP contribution in [0.1, 0.15) is 28.5 Å². The number of β-amino-alcohol motifs (C(OH)–C–C–N with tert-alkyl or cyclic N) is 1. The van der Waals surface area contributed by atoms with Crippen molar-refractivity contribution in [2.45, 2.75) is 18.6 Å². The minimum absolute atomic E-state index is 0.172. The van der Waals surface area contributed by atoms with E-state index in [0.29, 0.717) is 17.8 Å². The van der Waals surface area contributed by atoms with Crippen LogP contribution in [0.2, 0.25) is 0 Å². The van der Waals surface area contributed by atoms with Gasteiger partial charge in [-0.2, -0.15) is 0 Å². The van der Waals surface area contributed by atoms with Gasteiger partial charge in [0, 0.05) is 13.6 Å². The van der Waals surface area contributed by atoms with Crippen LogP contribution in [0.15, 0.2) is 30.3 Å². The van der Waals surface area contributed by atoms with Gasteiger partial charge in [-0.25, -0.2) is 8.78 Å². The molecule has 1 saturated heterocycles. The Hall–Kier alpha value is -2.61. The first-order chi connectivity index (χ1) is 11.5. The van der Waals surface area contributed by atoms with E-state index in [-0.39, 0.29) is 24.2 Å². The van der Waals surface area contributed by atoms with Crippen molar-refractivity contribution in [2.24, 2.45) is 0 Å². The van der Waals surface area contributed by atoms with Crippen LogP contribution < -0.4 is 10.2 Å². The molecule has 0 unspecified atom stereocenters. The summed E-state index contributed by atoms with van der Waals surface area (Å²) in [6.07, 6.45) is -0.257. The monoisotopic (exact) mass is 334 g/mol. The Kier molecular flexibility index (Phi) is 4.39. The molecule has 1 aliphatic rings. The number of anilines is 1. The Bertz CT molecular complexity index is 754. The van der Waals surface area contributed by atoms with Gasteiger partial charge in [0.1, 0.15) is 0 Å². The molecule has 0 bridgehead atoms. The van der Waals surface area contributed by atoms with E-state index in [4.69, 9.17) is 0 Å². The zero-order valence-corrected chi connectivity index (χ0v) is 12.9. The van der Waals surface area contributed by atoms with Crippen LogP contribution in [0.5, 0.6) is 0 Å². The Morgan fingerprint density at radius 1 is 1.25 bits per heavy atom. The normalized spacial score (nSPS) is 20.2. The average molecular weight is 334 g/mol. The molecule has 0 saturated carbocycles. The Balaban J connectivity index is 1.90. The number of aliphatic hydroxyl groups excluding tert-OH is 1. The lowest BCUT2D eigenvalue weighted by Gasteiger charge is -2.25. The second-order valence-corrected chi connectivity index (χ2v) is 5.59. The number of carbonyl (C=O) groups is 1. The van der Waals surface area contributed by atoms with E-state index in [0.717, 1.165) is 12.1 Å². The molecule has 0 spiro atoms. The van der Waals surface area contributed by atoms with Crippen LogP contribution >= 0.6 is 0 Å². The van der Waals surface area contributed by atoms with Crippen LogP contribution in [-0.2, 0) is 0 Å². The van der Waals surface area contributed by atoms with Crippen LogP contribution in [0, 0.1) is 11.6 Å². The first-order valence-corrected chi connectivity index (χ1v) is 7.45. The summed E-state index contributed by atoms with van der Waals surface area (Å²) in [6.45, 7) is 0.289. The Morgan fingerprint density at radius 2 is 2.04 bits per heavy atom. The molecule has 1 aromatic heterocycles. The van der Waals surface area contributed by atoms with Crippen molar-refractivity contribution in [1.29, 1.82) is 0 Å². The van der Waals surface area contributed by atoms with E-state index in [2.05, 4.69) is 15.5 Å². The summed E-state index contributed by atoms with van der Waals surface area (Å²) in [5, 5.41) is 20.3. The molecule has 0 aliphatic carbocycles. The van der Waals surface area contributed by atoms with Gasteiger partial charge < -0.3 is 15.3 Å². The number of nitrogens with one attached hydrogen (secondary N) is 1. The highest BCUT2D eigenvalue weighted by atomic mass is 19.2. The number of rotatable bonds is 3. The molecule has 2 atom stereocenters. The maximum absolute atomic E-state index is 13.5. The molecule has 1 amide bonds. The van der Waals surface area contributed by atoms with Crippen molar-refractivity contribution in [1.82, 2.24) is 15.5 Å². The number of carbonyl (C=O) groups excluding carboxylic acids is 1. The van der Waals surface area contributed by atoms with Crippen LogP contribution in [0.3, 0.4) is 0 Å². The van der Waals surface area contributed by atoms with Crippen molar-refractivity contribution in [3.63, 3.8) is 0 Å². The van der Waals surface area contributed by atoms with Crippen LogP contribution in [0.25, 0.3) is 0 Å². The van der Waals surface area contributed by atoms with Crippen molar-refractivity contribution in [2.75, 3.05) is 18.5 Å². The fourth-order valence-corrected chi connectivity index (χ4v) is 2.83. The molecule has 2 N–H and O–H groups in total. The summed E-state index contributed by atoms with van der Waals surface area (Å²) < 4.78 is 26.6. The van der Waals surface area contributed by atoms with Crippen molar-refractivity contribution >= 4 is 11.7 Å². The van der Waals surface area contributed by atoms with Crippen molar-refractivity contribution in [3.05, 3.63) is 53.2 Å². The first-order valence-electron chi connectivity index (χ1n) is 7.45. The van der Waals surface area contributed by atoms with Crippen molar-refractivity contribution < 1.29 is 18.7 Å². The minimum Gasteiger partial charge on any atom is -0.391 e. The van der Waals surface area contributed by atoms with E-state index in [1.54, 1.807) is 11.0 Å². The summed E-state index contributed by atoms with van der Waals surface area (Å²) in [5.74, 6) is -1.75. The number of aliphatic hydroxyl groups is 1. The second-order valence-electron chi connectivity index (χ2n) is 5.59. The van der Waals surface area contributed by atoms with Gasteiger partial charge in [-0.3, -0.25) is 4.79 Å². The quantitative estimate of drug-likeness (QED) is 0.888. The van der Waals surface area contributed by atoms with Gasteiger partial charge in [-0.05, 0) is 36.2 Å². The fourth-order valence-electron chi connectivity index (χ4n) is 2.83. The predicted molar refractivity (Wildman–Crippen MR) is 82.5 cm³/mol. The maximum Gasteiger partial charge on any atom is 0.271 e. The third kappa shape index (κ3) is 3.05. The van der Waals surface area contributed by atoms with Crippen molar-refractivity contribution in [3.8, 4) is 0 Å². The number of hydrogen-bond donors (Lipinski definition) is 2. The van der Waals surface area contributed by atoms with Gasteiger partial charge in [0.15, 0.2) is 23.1 Å². The summed E-state index contributed by atoms with van der Waals surface area (Å²) >= 11 is 0. The molecule has 1 aliphatic heterocycles. The Labute approximate surface area is 137 Å². The third-order valence-electron chi connectivity index (χ3n) is 4.01. The maximum atomic E-state index is 13.5. The zero-order valence-electron chi connectivity index (χ0n) is 12.9. The smallest absolute Gasteiger partial charge is 0.271 e. The number of benzene rings is 1. The van der Waals surface area contributed by atoms with E-state index in [9.17, 15) is 18.7 Å². The van der Waals surface area contributed by atoms with Gasteiger partial charge in [0.05, 0.1) is 12.1 Å². The SMILES string of the molecule is CNC(=O)c1ccc(N2C[C@@H](O)C[C@H]2c2ccc(F)c(F)c2)nn1. The van der Waals surface area contributed by atoms with E-state index >= 15 is 0 Å². The highest BCUT2D eigenvalue weighted by Gasteiger charge is 2.33. The van der Waals surface area contributed by atoms with Gasteiger partial charge in [-0.1, -0.05) is 6.07 Å². The summed E-state index contributed by atoms with van der Waals surface area (Å²) in [4.78, 5) is 13.3. The van der Waals surface area contributed by atoms with E-state index in [1.165, 1.54) is 19.2 Å². The number of amides is 1. The van der Waals surface area contributed by atoms with Gasteiger partial charge in [0.2, 0.25) is 0 Å². The van der Waals surface area contributed by atoms with Crippen LogP contribution in [-0.4, -0.2) is 40.9 Å². The summed E-state index contributed by atoms with van der Waals surface area (Å²) in [7, 11) is 1.49. The molecule has 2 heterocycles. The molecule has 1 fully saturated rings. The first kappa shape index (κ1) is 16.3. The molecule has 0 radical (unpaired) electrons. The van der Waals surface area contributed by atoms with E-state index < -0.39 is 17.7 Å². The lowest BCUT2D eigenvalue weighted by Crippen LogP contribution is -2.26. The molecule has 3 rings (SSSR count). The van der Waals surface area contributed by atoms with Gasteiger partial charge >= 0.3 is 0 Å². The highest BCUT2D eigenvalue weighted by molar-refractivity contribution is 5.91. The molecule has 8 heteroatoms. The van der Waals surface area contributed by atoms with E-state index in [1.807, 2.05) is 0 Å². The lowest BCUT2D eigenvalue weighted by molar-refractivity contribution is 0.0957. The number of halogens is 2. The average Bonchev–Trinajstić information content (AvgIpc) is 2.98. The number of hydrogen-bond acceptors (Lipinski definition) is 5. The zero-order chi connectivity index (χ0) is 17.3. The highest BCUT2D eigenvalue weighted by Crippen LogP contribution is 2.35. The molecule has 24 heavy (non-hydrogen) atoms. The van der Waals surface area contributed by atoms with Gasteiger partial charge in [0.25, 0.3) is 5.91 Å². The molecule has 6 nitrogen and oxygen atoms in total. The van der Waals surface area contributed by atoms with Gasteiger partial charge in [-0.15, -0.1) is 10.2 Å². The summed E-state index contributed by atoms with van der Waals surface area (Å²) in [6, 6.07) is 6.46. The largest absolute Gasteiger partial charge is 0.391 e. The topological polar surface area (TPSA) is 78.4 Å². The third-order valence-corrected chi connectivity index (χ3v) is 4.01. The minimum atomic E-state index is -0.935. The molecule has 2 aromatic rings.